The van der Waals surface area contributed by atoms with E-state index in [-0.39, 0.29) is 6.61 Å². The minimum absolute atomic E-state index is 0.0109. The van der Waals surface area contributed by atoms with Crippen molar-refractivity contribution in [3.8, 4) is 0 Å². The van der Waals surface area contributed by atoms with Crippen molar-refractivity contribution in [1.82, 2.24) is 15.0 Å². The van der Waals surface area contributed by atoms with Crippen LogP contribution in [0.1, 0.15) is 10.5 Å². The van der Waals surface area contributed by atoms with Crippen LogP contribution in [0.2, 0.25) is 0 Å². The van der Waals surface area contributed by atoms with Crippen molar-refractivity contribution in [2.24, 2.45) is 0 Å². The third-order valence-electron chi connectivity index (χ3n) is 1.38. The Morgan fingerprint density at radius 3 is 3.08 bits per heavy atom. The third-order valence-corrected chi connectivity index (χ3v) is 1.38. The summed E-state index contributed by atoms with van der Waals surface area (Å²) in [4.78, 5) is 10.2. The Labute approximate surface area is 75.1 Å². The Morgan fingerprint density at radius 2 is 2.46 bits per heavy atom. The zero-order chi connectivity index (χ0) is 9.52. The first kappa shape index (κ1) is 9.82. The average molecular weight is 185 g/mol. The highest BCUT2D eigenvalue weighted by Crippen LogP contribution is 1.88. The van der Waals surface area contributed by atoms with Crippen LogP contribution in [0.3, 0.4) is 0 Å². The molecule has 6 heteroatoms. The number of hydrogen-bond acceptors (Lipinski definition) is 5. The quantitative estimate of drug-likeness (QED) is 0.459. The van der Waals surface area contributed by atoms with Gasteiger partial charge < -0.3 is 9.84 Å². The summed E-state index contributed by atoms with van der Waals surface area (Å²) in [6.45, 7) is 1.30. The number of rotatable bonds is 6. The van der Waals surface area contributed by atoms with Crippen molar-refractivity contribution in [2.75, 3.05) is 19.8 Å². The number of aliphatic hydroxyl groups is 1. The molecule has 1 heterocycles. The predicted octanol–water partition coefficient (Wildman–Crippen LogP) is -0.901. The van der Waals surface area contributed by atoms with Crippen LogP contribution >= 0.6 is 0 Å². The lowest BCUT2D eigenvalue weighted by atomic mass is 10.5. The van der Waals surface area contributed by atoms with Crippen LogP contribution in [0.15, 0.2) is 6.20 Å². The fraction of sp³-hybridized carbons (Fsp3) is 0.571. The van der Waals surface area contributed by atoms with Crippen LogP contribution < -0.4 is 0 Å². The normalized spacial score (nSPS) is 10.2. The molecule has 0 bridgehead atoms. The minimum Gasteiger partial charge on any atom is -0.394 e. The molecule has 72 valence electrons. The van der Waals surface area contributed by atoms with Gasteiger partial charge in [0, 0.05) is 0 Å². The number of hydrogen-bond donors (Lipinski definition) is 1. The van der Waals surface area contributed by atoms with Crippen LogP contribution in [0.25, 0.3) is 0 Å². The molecule has 1 rings (SSSR count). The van der Waals surface area contributed by atoms with Gasteiger partial charge in [-0.1, -0.05) is 5.21 Å². The molecule has 1 aromatic rings. The lowest BCUT2D eigenvalue weighted by molar-refractivity contribution is 0.0851. The molecule has 0 atom stereocenters. The fourth-order valence-electron chi connectivity index (χ4n) is 0.801. The Kier molecular flexibility index (Phi) is 4.07. The van der Waals surface area contributed by atoms with E-state index in [0.717, 1.165) is 0 Å². The summed E-state index contributed by atoms with van der Waals surface area (Å²) in [6.07, 6.45) is 2.17. The number of carbonyl (C=O) groups excluding carboxylic acids is 1. The molecule has 0 amide bonds. The van der Waals surface area contributed by atoms with E-state index in [0.29, 0.717) is 31.7 Å². The van der Waals surface area contributed by atoms with Crippen LogP contribution in [0, 0.1) is 0 Å². The highest BCUT2D eigenvalue weighted by atomic mass is 16.5. The molecule has 0 aliphatic heterocycles. The summed E-state index contributed by atoms with van der Waals surface area (Å²) in [5.41, 5.74) is 0.308. The van der Waals surface area contributed by atoms with Crippen LogP contribution in [0.4, 0.5) is 0 Å². The zero-order valence-electron chi connectivity index (χ0n) is 7.09. The van der Waals surface area contributed by atoms with E-state index >= 15 is 0 Å². The molecule has 0 aliphatic carbocycles. The van der Waals surface area contributed by atoms with E-state index in [9.17, 15) is 4.79 Å². The maximum Gasteiger partial charge on any atom is 0.171 e. The van der Waals surface area contributed by atoms with Crippen molar-refractivity contribution >= 4 is 6.29 Å². The molecule has 1 aromatic heterocycles. The van der Waals surface area contributed by atoms with E-state index in [1.54, 1.807) is 0 Å². The molecule has 6 nitrogen and oxygen atoms in total. The SMILES string of the molecule is O=Cc1cn(CCOCCO)nn1. The van der Waals surface area contributed by atoms with Gasteiger partial charge in [0.15, 0.2) is 6.29 Å². The lowest BCUT2D eigenvalue weighted by Gasteiger charge is -2.00. The molecule has 13 heavy (non-hydrogen) atoms. The average Bonchev–Trinajstić information content (AvgIpc) is 2.60. The second-order valence-electron chi connectivity index (χ2n) is 2.36. The largest absolute Gasteiger partial charge is 0.394 e. The smallest absolute Gasteiger partial charge is 0.171 e. The molecule has 1 N–H and O–H groups in total. The van der Waals surface area contributed by atoms with E-state index in [1.807, 2.05) is 0 Å². The van der Waals surface area contributed by atoms with Gasteiger partial charge in [0.05, 0.1) is 32.6 Å². The molecule has 0 radical (unpaired) electrons. The number of carbonyl (C=O) groups is 1. The highest BCUT2D eigenvalue weighted by molar-refractivity contribution is 5.70. The van der Waals surface area contributed by atoms with Gasteiger partial charge in [0.1, 0.15) is 5.69 Å². The van der Waals surface area contributed by atoms with Crippen LogP contribution in [-0.4, -0.2) is 46.2 Å². The standard InChI is InChI=1S/C7H11N3O3/c11-2-4-13-3-1-10-5-7(6-12)8-9-10/h5-6,11H,1-4H2. The Morgan fingerprint density at radius 1 is 1.62 bits per heavy atom. The van der Waals surface area contributed by atoms with E-state index in [4.69, 9.17) is 9.84 Å². The van der Waals surface area contributed by atoms with Crippen LogP contribution in [-0.2, 0) is 11.3 Å². The molecule has 0 aliphatic rings. The van der Waals surface area contributed by atoms with Crippen LogP contribution in [0.5, 0.6) is 0 Å². The summed E-state index contributed by atoms with van der Waals surface area (Å²) in [5, 5.41) is 15.7. The fourth-order valence-corrected chi connectivity index (χ4v) is 0.801. The van der Waals surface area contributed by atoms with Gasteiger partial charge in [0.2, 0.25) is 0 Å². The molecule has 0 aromatic carbocycles. The molecular weight excluding hydrogens is 174 g/mol. The maximum atomic E-state index is 10.2. The minimum atomic E-state index is 0.0109. The number of nitrogens with zero attached hydrogens (tertiary/aromatic N) is 3. The van der Waals surface area contributed by atoms with E-state index in [2.05, 4.69) is 10.3 Å². The monoisotopic (exact) mass is 185 g/mol. The summed E-state index contributed by atoms with van der Waals surface area (Å²) < 4.78 is 6.52. The molecule has 0 unspecified atom stereocenters. The van der Waals surface area contributed by atoms with Gasteiger partial charge >= 0.3 is 0 Å². The lowest BCUT2D eigenvalue weighted by Crippen LogP contribution is -2.08. The van der Waals surface area contributed by atoms with Crippen molar-refractivity contribution in [3.05, 3.63) is 11.9 Å². The molecule has 0 saturated heterocycles. The third kappa shape index (κ3) is 3.30. The summed E-state index contributed by atoms with van der Waals surface area (Å²) in [5.74, 6) is 0. The molecule has 0 spiro atoms. The Bertz CT molecular complexity index is 261. The Hall–Kier alpha value is -1.27. The van der Waals surface area contributed by atoms with Crippen molar-refractivity contribution in [3.63, 3.8) is 0 Å². The van der Waals surface area contributed by atoms with Gasteiger partial charge in [0.25, 0.3) is 0 Å². The molecule has 0 fully saturated rings. The Balaban J connectivity index is 2.24. The number of aliphatic hydroxyl groups excluding tert-OH is 1. The van der Waals surface area contributed by atoms with E-state index < -0.39 is 0 Å². The second-order valence-corrected chi connectivity index (χ2v) is 2.36. The first-order valence-corrected chi connectivity index (χ1v) is 3.90. The number of ether oxygens (including phenoxy) is 1. The molecular formula is C7H11N3O3. The van der Waals surface area contributed by atoms with Crippen molar-refractivity contribution in [1.29, 1.82) is 0 Å². The van der Waals surface area contributed by atoms with Crippen molar-refractivity contribution < 1.29 is 14.6 Å². The van der Waals surface area contributed by atoms with Gasteiger partial charge in [-0.3, -0.25) is 4.79 Å². The summed E-state index contributed by atoms with van der Waals surface area (Å²) in [7, 11) is 0. The van der Waals surface area contributed by atoms with Gasteiger partial charge in [-0.2, -0.15) is 0 Å². The van der Waals surface area contributed by atoms with Gasteiger partial charge in [-0.15, -0.1) is 5.10 Å². The van der Waals surface area contributed by atoms with E-state index in [1.165, 1.54) is 10.9 Å². The molecule has 0 saturated carbocycles. The number of aromatic nitrogens is 3. The van der Waals surface area contributed by atoms with Crippen molar-refractivity contribution in [2.45, 2.75) is 6.54 Å². The predicted molar refractivity (Wildman–Crippen MR) is 43.3 cm³/mol. The zero-order valence-corrected chi connectivity index (χ0v) is 7.09. The van der Waals surface area contributed by atoms with Gasteiger partial charge in [-0.25, -0.2) is 4.68 Å². The maximum absolute atomic E-state index is 10.2. The van der Waals surface area contributed by atoms with Gasteiger partial charge in [-0.05, 0) is 0 Å². The summed E-state index contributed by atoms with van der Waals surface area (Å²) in [6, 6.07) is 0. The number of aldehydes is 1. The first-order chi connectivity index (χ1) is 6.36. The second kappa shape index (κ2) is 5.39. The topological polar surface area (TPSA) is 77.2 Å². The highest BCUT2D eigenvalue weighted by Gasteiger charge is 1.97. The summed E-state index contributed by atoms with van der Waals surface area (Å²) >= 11 is 0. The first-order valence-electron chi connectivity index (χ1n) is 3.90.